The summed E-state index contributed by atoms with van der Waals surface area (Å²) < 4.78 is 21.9. The summed E-state index contributed by atoms with van der Waals surface area (Å²) in [5.74, 6) is -1.16. The van der Waals surface area contributed by atoms with E-state index in [1.807, 2.05) is 0 Å². The van der Waals surface area contributed by atoms with Gasteiger partial charge in [-0.2, -0.15) is 0 Å². The van der Waals surface area contributed by atoms with Gasteiger partial charge >= 0.3 is 12.0 Å². The maximum Gasteiger partial charge on any atom is 0.329 e. The highest BCUT2D eigenvalue weighted by molar-refractivity contribution is 7.90. The molecular formula is C11H20N2O5S. The molecule has 0 spiro atoms. The van der Waals surface area contributed by atoms with Crippen molar-refractivity contribution in [3.63, 3.8) is 0 Å². The van der Waals surface area contributed by atoms with E-state index in [0.29, 0.717) is 25.8 Å². The molecule has 0 aromatic rings. The van der Waals surface area contributed by atoms with Crippen molar-refractivity contribution in [2.45, 2.75) is 31.7 Å². The lowest BCUT2D eigenvalue weighted by molar-refractivity contribution is -0.148. The molecule has 0 saturated carbocycles. The second-order valence-corrected chi connectivity index (χ2v) is 7.07. The molecule has 7 nitrogen and oxygen atoms in total. The van der Waals surface area contributed by atoms with Gasteiger partial charge in [0.05, 0.1) is 5.75 Å². The molecule has 1 aliphatic heterocycles. The van der Waals surface area contributed by atoms with E-state index in [9.17, 15) is 23.1 Å². The quantitative estimate of drug-likeness (QED) is 0.746. The molecule has 19 heavy (non-hydrogen) atoms. The third-order valence-electron chi connectivity index (χ3n) is 3.47. The molecule has 0 aromatic heterocycles. The molecule has 2 N–H and O–H groups in total. The lowest BCUT2D eigenvalue weighted by Crippen LogP contribution is -2.56. The molecule has 8 heteroatoms. The maximum atomic E-state index is 12.0. The van der Waals surface area contributed by atoms with Crippen LogP contribution in [-0.2, 0) is 14.6 Å². The van der Waals surface area contributed by atoms with E-state index in [0.717, 1.165) is 6.26 Å². The van der Waals surface area contributed by atoms with Crippen LogP contribution in [0, 0.1) is 0 Å². The highest BCUT2D eigenvalue weighted by Crippen LogP contribution is 2.32. The third kappa shape index (κ3) is 3.59. The molecular weight excluding hydrogens is 272 g/mol. The summed E-state index contributed by atoms with van der Waals surface area (Å²) in [6.07, 6.45) is 2.49. The minimum atomic E-state index is -3.14. The number of carboxylic acid groups (broad SMARTS) is 1. The van der Waals surface area contributed by atoms with Crippen LogP contribution >= 0.6 is 0 Å². The first kappa shape index (κ1) is 15.7. The molecule has 1 unspecified atom stereocenters. The Morgan fingerprint density at radius 1 is 1.42 bits per heavy atom. The second-order valence-electron chi connectivity index (χ2n) is 4.81. The lowest BCUT2D eigenvalue weighted by Gasteiger charge is -2.33. The van der Waals surface area contributed by atoms with E-state index in [2.05, 4.69) is 5.32 Å². The first-order valence-corrected chi connectivity index (χ1v) is 8.25. The maximum absolute atomic E-state index is 12.0. The van der Waals surface area contributed by atoms with Gasteiger partial charge in [0, 0.05) is 19.3 Å². The van der Waals surface area contributed by atoms with Crippen LogP contribution in [0.2, 0.25) is 0 Å². The standard InChI is InChI=1S/C11H20N2O5S/c1-3-11(9(14)15)5-4-7-13(11)10(16)12-6-8-19(2,17)18/h3-8H2,1-2H3,(H,12,16)(H,14,15). The number of sulfone groups is 1. The van der Waals surface area contributed by atoms with Gasteiger partial charge in [-0.05, 0) is 19.3 Å². The minimum Gasteiger partial charge on any atom is -0.479 e. The first-order valence-electron chi connectivity index (χ1n) is 6.19. The van der Waals surface area contributed by atoms with Crippen LogP contribution in [0.5, 0.6) is 0 Å². The number of likely N-dealkylation sites (tertiary alicyclic amines) is 1. The molecule has 110 valence electrons. The Bertz CT molecular complexity index is 462. The van der Waals surface area contributed by atoms with Crippen LogP contribution < -0.4 is 5.32 Å². The van der Waals surface area contributed by atoms with E-state index in [4.69, 9.17) is 0 Å². The number of nitrogens with zero attached hydrogens (tertiary/aromatic N) is 1. The zero-order valence-electron chi connectivity index (χ0n) is 11.2. The highest BCUT2D eigenvalue weighted by atomic mass is 32.2. The Balaban J connectivity index is 2.68. The molecule has 2 amide bonds. The Morgan fingerprint density at radius 3 is 2.53 bits per heavy atom. The summed E-state index contributed by atoms with van der Waals surface area (Å²) in [7, 11) is -3.14. The number of aliphatic carboxylic acids is 1. The number of amides is 2. The summed E-state index contributed by atoms with van der Waals surface area (Å²) in [6.45, 7) is 2.11. The van der Waals surface area contributed by atoms with Crippen LogP contribution in [0.1, 0.15) is 26.2 Å². The molecule has 1 saturated heterocycles. The van der Waals surface area contributed by atoms with Crippen LogP contribution in [0.25, 0.3) is 0 Å². The van der Waals surface area contributed by atoms with Gasteiger partial charge in [0.25, 0.3) is 0 Å². The smallest absolute Gasteiger partial charge is 0.329 e. The number of carbonyl (C=O) groups excluding carboxylic acids is 1. The number of urea groups is 1. The van der Waals surface area contributed by atoms with Crippen molar-refractivity contribution >= 4 is 21.8 Å². The normalized spacial score (nSPS) is 23.4. The van der Waals surface area contributed by atoms with Gasteiger partial charge in [0.1, 0.15) is 15.4 Å². The molecule has 0 radical (unpaired) electrons. The minimum absolute atomic E-state index is 0.00637. The topological polar surface area (TPSA) is 104 Å². The number of nitrogens with one attached hydrogen (secondary N) is 1. The van der Waals surface area contributed by atoms with Crippen molar-refractivity contribution in [1.82, 2.24) is 10.2 Å². The predicted octanol–water partition coefficient (Wildman–Crippen LogP) is 0.0698. The molecule has 1 fully saturated rings. The average molecular weight is 292 g/mol. The van der Waals surface area contributed by atoms with E-state index in [1.54, 1.807) is 6.92 Å². The number of carboxylic acids is 1. The number of rotatable bonds is 5. The fraction of sp³-hybridized carbons (Fsp3) is 0.818. The summed E-state index contributed by atoms with van der Waals surface area (Å²) >= 11 is 0. The Hall–Kier alpha value is -1.31. The van der Waals surface area contributed by atoms with Crippen LogP contribution in [0.15, 0.2) is 0 Å². The van der Waals surface area contributed by atoms with Crippen LogP contribution in [-0.4, -0.2) is 61.1 Å². The fourth-order valence-electron chi connectivity index (χ4n) is 2.35. The van der Waals surface area contributed by atoms with Gasteiger partial charge in [0.15, 0.2) is 0 Å². The van der Waals surface area contributed by atoms with Gasteiger partial charge in [-0.25, -0.2) is 18.0 Å². The fourth-order valence-corrected chi connectivity index (χ4v) is 2.83. The summed E-state index contributed by atoms with van der Waals surface area (Å²) in [4.78, 5) is 24.7. The average Bonchev–Trinajstić information content (AvgIpc) is 2.71. The van der Waals surface area contributed by atoms with Gasteiger partial charge in [0.2, 0.25) is 0 Å². The summed E-state index contributed by atoms with van der Waals surface area (Å²) in [6, 6.07) is -0.509. The summed E-state index contributed by atoms with van der Waals surface area (Å²) in [5, 5.41) is 11.8. The van der Waals surface area contributed by atoms with Crippen LogP contribution in [0.3, 0.4) is 0 Å². The number of hydrogen-bond acceptors (Lipinski definition) is 4. The Morgan fingerprint density at radius 2 is 2.05 bits per heavy atom. The second kappa shape index (κ2) is 5.77. The SMILES string of the molecule is CCC1(C(=O)O)CCCN1C(=O)NCCS(C)(=O)=O. The van der Waals surface area contributed by atoms with Crippen molar-refractivity contribution in [3.05, 3.63) is 0 Å². The molecule has 1 atom stereocenters. The van der Waals surface area contributed by atoms with Crippen molar-refractivity contribution < 1.29 is 23.1 Å². The van der Waals surface area contributed by atoms with Gasteiger partial charge in [-0.1, -0.05) is 6.92 Å². The Kier molecular flexibility index (Phi) is 4.78. The number of hydrogen-bond donors (Lipinski definition) is 2. The van der Waals surface area contributed by atoms with Crippen molar-refractivity contribution in [2.24, 2.45) is 0 Å². The Labute approximate surface area is 112 Å². The van der Waals surface area contributed by atoms with Crippen molar-refractivity contribution in [3.8, 4) is 0 Å². The zero-order valence-corrected chi connectivity index (χ0v) is 12.0. The highest BCUT2D eigenvalue weighted by Gasteiger charge is 2.48. The van der Waals surface area contributed by atoms with E-state index >= 15 is 0 Å². The number of carbonyl (C=O) groups is 2. The molecule has 1 aliphatic rings. The van der Waals surface area contributed by atoms with E-state index in [-0.39, 0.29) is 12.3 Å². The predicted molar refractivity (Wildman–Crippen MR) is 69.7 cm³/mol. The molecule has 0 aliphatic carbocycles. The largest absolute Gasteiger partial charge is 0.479 e. The molecule has 1 rings (SSSR count). The molecule has 0 bridgehead atoms. The van der Waals surface area contributed by atoms with Crippen molar-refractivity contribution in [2.75, 3.05) is 25.1 Å². The monoisotopic (exact) mass is 292 g/mol. The molecule has 1 heterocycles. The lowest BCUT2D eigenvalue weighted by atomic mass is 9.93. The summed E-state index contributed by atoms with van der Waals surface area (Å²) in [5.41, 5.74) is -1.16. The van der Waals surface area contributed by atoms with Gasteiger partial charge in [-0.15, -0.1) is 0 Å². The van der Waals surface area contributed by atoms with Crippen molar-refractivity contribution in [1.29, 1.82) is 0 Å². The third-order valence-corrected chi connectivity index (χ3v) is 4.41. The first-order chi connectivity index (χ1) is 8.73. The van der Waals surface area contributed by atoms with E-state index in [1.165, 1.54) is 4.90 Å². The van der Waals surface area contributed by atoms with Gasteiger partial charge < -0.3 is 15.3 Å². The van der Waals surface area contributed by atoms with Crippen LogP contribution in [0.4, 0.5) is 4.79 Å². The zero-order chi connectivity index (χ0) is 14.7. The van der Waals surface area contributed by atoms with E-state index < -0.39 is 27.4 Å². The molecule has 0 aromatic carbocycles. The van der Waals surface area contributed by atoms with Gasteiger partial charge in [-0.3, -0.25) is 0 Å².